The molecule has 3 spiro atoms. The number of carbonyl (C=O) groups excluding carboxylic acids is 3. The first-order valence-corrected chi connectivity index (χ1v) is 37.7. The molecule has 12 saturated heterocycles. The van der Waals surface area contributed by atoms with Crippen molar-refractivity contribution in [1.29, 1.82) is 0 Å². The lowest BCUT2D eigenvalue weighted by Crippen LogP contribution is -2.70. The molecule has 3 aliphatic carbocycles. The molecule has 15 aliphatic rings. The largest absolute Gasteiger partial charge is 0.346 e. The standard InChI is InChI=1S/C25H34O5.2C24H33NO5.3C2H6.CH4/c1-16-9-11-21-17(2)22(12-10-19(26)15-18-7-5-4-6-8-18)27-23-25(21)20(16)13-14-24(3,28-23)29-30-25;1-15-6-8-20-16(2)21(9-7-18(26)13-17-5-4-12-25-14-17)27-22-24(20)19(15)10-11-23(3,28-22)29-30-24;1-15-7-9-20-16(2)21(10-8-18(26)14-17-6-4-5-13-25-17)27-22-24(20)19(15)11-12-23(3,28-22)29-30-24;3*1-2;/h4-8,16-17,20-23H,9-15H2,1-3H3;4-5,12,14-16,19-22H,6-11,13H2,1-3H3;4-6,13,15-16,19-22H,7-12,14H2,1-3H3;3*1-2H3;1H4/t16-,17-,20+,21+,22-,23-,24+,25-;2*15-,16-,19+,20+,21-,22-,23+,24-;;;;/m111..../s1. The van der Waals surface area contributed by atoms with E-state index in [1.54, 1.807) is 18.6 Å². The smallest absolute Gasteiger partial charge is 0.201 e. The lowest BCUT2D eigenvalue weighted by atomic mass is 9.57. The highest BCUT2D eigenvalue weighted by molar-refractivity contribution is 5.81. The van der Waals surface area contributed by atoms with E-state index in [0.29, 0.717) is 111 Å². The summed E-state index contributed by atoms with van der Waals surface area (Å²) in [5.74, 6) is 3.10. The van der Waals surface area contributed by atoms with Gasteiger partial charge < -0.3 is 28.4 Å². The number of hydrogen-bond donors (Lipinski definition) is 0. The lowest BCUT2D eigenvalue weighted by Gasteiger charge is -2.60. The molecule has 97 heavy (non-hydrogen) atoms. The van der Waals surface area contributed by atoms with E-state index in [4.69, 9.17) is 57.7 Å². The molecule has 24 atom stereocenters. The van der Waals surface area contributed by atoms with E-state index in [9.17, 15) is 14.4 Å². The fourth-order valence-corrected chi connectivity index (χ4v) is 19.4. The molecule has 14 heterocycles. The molecule has 3 saturated carbocycles. The van der Waals surface area contributed by atoms with Gasteiger partial charge in [-0.1, -0.05) is 133 Å². The van der Waals surface area contributed by atoms with Crippen molar-refractivity contribution >= 4 is 17.3 Å². The van der Waals surface area contributed by atoms with Crippen molar-refractivity contribution in [3.05, 3.63) is 96.1 Å². The molecule has 17 nitrogen and oxygen atoms in total. The van der Waals surface area contributed by atoms with Crippen molar-refractivity contribution < 1.29 is 72.1 Å². The van der Waals surface area contributed by atoms with Crippen LogP contribution < -0.4 is 0 Å². The molecular weight excluding hydrogens is 1230 g/mol. The number of pyridine rings is 2. The first kappa shape index (κ1) is 77.2. The molecule has 3 aromatic rings. The van der Waals surface area contributed by atoms with Gasteiger partial charge in [0.15, 0.2) is 35.7 Å². The van der Waals surface area contributed by atoms with Crippen molar-refractivity contribution in [2.75, 3.05) is 0 Å². The second-order valence-electron chi connectivity index (χ2n) is 30.3. The Morgan fingerprint density at radius 1 is 0.412 bits per heavy atom. The Labute approximate surface area is 581 Å². The predicted molar refractivity (Wildman–Crippen MR) is 370 cm³/mol. The number of ketones is 3. The number of benzene rings is 1. The molecule has 12 aliphatic heterocycles. The van der Waals surface area contributed by atoms with Crippen LogP contribution in [-0.2, 0) is 91.4 Å². The minimum absolute atomic E-state index is 0. The number of nitrogens with zero attached hydrogens (tertiary/aromatic N) is 2. The second kappa shape index (κ2) is 33.0. The van der Waals surface area contributed by atoms with Gasteiger partial charge in [0.25, 0.3) is 0 Å². The zero-order chi connectivity index (χ0) is 68.8. The summed E-state index contributed by atoms with van der Waals surface area (Å²) in [5, 5.41) is 0. The van der Waals surface area contributed by atoms with Crippen molar-refractivity contribution in [3.63, 3.8) is 0 Å². The van der Waals surface area contributed by atoms with Crippen LogP contribution in [0, 0.1) is 71.0 Å². The SMILES string of the molecule is C.CC.CC.CC.C[C@H]1[C@@H](CCC(=O)Cc2ccccc2)O[C@@H]2O[C@]3(C)CC[C@H]4[C@H](C)CC[C@@H]1[C@@]24OO3.C[C@H]1[C@@H](CCC(=O)Cc2ccccn2)O[C@@H]2O[C@]3(C)CC[C@H]4[C@H](C)CC[C@@H]1[C@@]24OO3.C[C@H]1[C@@H](CCC(=O)Cc2cccnc2)O[C@@H]2O[C@]3(C)CC[C@H]4[C@H](C)CC[C@@H]1[C@@]24OO3. The Hall–Kier alpha value is -3.95. The van der Waals surface area contributed by atoms with Gasteiger partial charge in [-0.2, -0.15) is 0 Å². The number of aromatic nitrogens is 2. The van der Waals surface area contributed by atoms with Crippen LogP contribution in [0.5, 0.6) is 0 Å². The van der Waals surface area contributed by atoms with Crippen LogP contribution in [-0.4, -0.2) is 98.7 Å². The van der Waals surface area contributed by atoms with Gasteiger partial charge >= 0.3 is 0 Å². The van der Waals surface area contributed by atoms with Gasteiger partial charge in [-0.05, 0) is 180 Å². The van der Waals surface area contributed by atoms with Crippen LogP contribution in [0.2, 0.25) is 0 Å². The van der Waals surface area contributed by atoms with Crippen LogP contribution in [0.3, 0.4) is 0 Å². The van der Waals surface area contributed by atoms with Gasteiger partial charge in [-0.25, -0.2) is 29.3 Å². The Bertz CT molecular complexity index is 2670. The molecule has 1 aromatic carbocycles. The van der Waals surface area contributed by atoms with Gasteiger partial charge in [0, 0.05) is 99.8 Å². The minimum atomic E-state index is -0.753. The molecule has 17 heteroatoms. The molecule has 2 aromatic heterocycles. The first-order chi connectivity index (χ1) is 46.2. The Kier molecular flexibility index (Phi) is 26.3. The van der Waals surface area contributed by atoms with Crippen LogP contribution in [0.1, 0.15) is 244 Å². The third-order valence-electron chi connectivity index (χ3n) is 24.5. The molecule has 0 N–H and O–H groups in total. The highest BCUT2D eigenvalue weighted by Gasteiger charge is 2.72. The summed E-state index contributed by atoms with van der Waals surface area (Å²) in [5.41, 5.74) is 1.30. The number of rotatable bonds is 15. The third-order valence-corrected chi connectivity index (χ3v) is 24.5. The number of hydrogen-bond acceptors (Lipinski definition) is 17. The summed E-state index contributed by atoms with van der Waals surface area (Å²) in [4.78, 5) is 82.3. The Morgan fingerprint density at radius 3 is 1.13 bits per heavy atom. The van der Waals surface area contributed by atoms with E-state index in [0.717, 1.165) is 81.0 Å². The molecule has 6 bridgehead atoms. The quantitative estimate of drug-likeness (QED) is 0.131. The van der Waals surface area contributed by atoms with Crippen LogP contribution >= 0.6 is 0 Å². The normalized spacial score (nSPS) is 41.8. The number of fused-ring (bicyclic) bond motifs is 6. The Balaban J connectivity index is 0.000000163. The summed E-state index contributed by atoms with van der Waals surface area (Å²) < 4.78 is 38.9. The topological polar surface area (TPSA) is 188 Å². The maximum Gasteiger partial charge on any atom is 0.201 e. The minimum Gasteiger partial charge on any atom is -0.346 e. The maximum absolute atomic E-state index is 12.6. The van der Waals surface area contributed by atoms with Crippen molar-refractivity contribution in [2.45, 2.75) is 317 Å². The molecule has 15 fully saturated rings. The monoisotopic (exact) mass is 1350 g/mol. The van der Waals surface area contributed by atoms with Gasteiger partial charge in [0.05, 0.1) is 18.3 Å². The van der Waals surface area contributed by atoms with E-state index in [1.165, 1.54) is 19.3 Å². The molecular formula is C80H122N2O15. The number of carbonyl (C=O) groups is 3. The van der Waals surface area contributed by atoms with E-state index < -0.39 is 53.0 Å². The highest BCUT2D eigenvalue weighted by Crippen LogP contribution is 2.64. The summed E-state index contributed by atoms with van der Waals surface area (Å²) >= 11 is 0. The fraction of sp³-hybridized carbons (Fsp3) is 0.762. The van der Waals surface area contributed by atoms with Crippen LogP contribution in [0.4, 0.5) is 0 Å². The molecule has 18 rings (SSSR count). The third kappa shape index (κ3) is 15.7. The molecule has 0 radical (unpaired) electrons. The molecule has 0 amide bonds. The first-order valence-electron chi connectivity index (χ1n) is 37.7. The van der Waals surface area contributed by atoms with E-state index in [-0.39, 0.29) is 54.9 Å². The Morgan fingerprint density at radius 2 is 0.773 bits per heavy atom. The average Bonchev–Trinajstić information content (AvgIpc) is 1.69. The average molecular weight is 1350 g/mol. The van der Waals surface area contributed by atoms with E-state index in [2.05, 4.69) is 51.5 Å². The summed E-state index contributed by atoms with van der Waals surface area (Å²) in [6, 6.07) is 19.5. The summed E-state index contributed by atoms with van der Waals surface area (Å²) in [6.45, 7) is 31.6. The van der Waals surface area contributed by atoms with Crippen molar-refractivity contribution in [2.24, 2.45) is 71.0 Å². The maximum atomic E-state index is 12.6. The lowest BCUT2D eigenvalue weighted by molar-refractivity contribution is -0.571. The number of ether oxygens (including phenoxy) is 6. The summed E-state index contributed by atoms with van der Waals surface area (Å²) in [7, 11) is 0. The van der Waals surface area contributed by atoms with Gasteiger partial charge in [0.2, 0.25) is 17.4 Å². The second-order valence-corrected chi connectivity index (χ2v) is 30.3. The van der Waals surface area contributed by atoms with Crippen molar-refractivity contribution in [1.82, 2.24) is 9.97 Å². The predicted octanol–water partition coefficient (Wildman–Crippen LogP) is 17.0. The van der Waals surface area contributed by atoms with E-state index in [1.807, 2.05) is 123 Å². The molecule has 0 unspecified atom stereocenters. The van der Waals surface area contributed by atoms with Crippen LogP contribution in [0.25, 0.3) is 0 Å². The number of Topliss-reactive ketones (excluding diaryl/α,β-unsaturated/α-hetero) is 3. The van der Waals surface area contributed by atoms with Gasteiger partial charge in [-0.3, -0.25) is 24.4 Å². The van der Waals surface area contributed by atoms with Gasteiger partial charge in [0.1, 0.15) is 17.3 Å². The zero-order valence-corrected chi connectivity index (χ0v) is 60.8. The van der Waals surface area contributed by atoms with Gasteiger partial charge in [-0.15, -0.1) is 0 Å². The van der Waals surface area contributed by atoms with Crippen molar-refractivity contribution in [3.8, 4) is 0 Å². The fourth-order valence-electron chi connectivity index (χ4n) is 19.4. The van der Waals surface area contributed by atoms with E-state index >= 15 is 0 Å². The molecule has 542 valence electrons. The van der Waals surface area contributed by atoms with Crippen LogP contribution in [0.15, 0.2) is 79.3 Å². The highest BCUT2D eigenvalue weighted by atomic mass is 17.3. The summed E-state index contributed by atoms with van der Waals surface area (Å²) in [6.07, 6.45) is 21.3. The zero-order valence-electron chi connectivity index (χ0n) is 60.8.